The summed E-state index contributed by atoms with van der Waals surface area (Å²) in [6.45, 7) is 1.47. The lowest BCUT2D eigenvalue weighted by Gasteiger charge is -2.46. The number of carbonyl (C=O) groups excluding carboxylic acids is 5. The largest absolute Gasteiger partial charge is 0.508 e. The summed E-state index contributed by atoms with van der Waals surface area (Å²) < 4.78 is 4.83. The molecule has 3 unspecified atom stereocenters. The summed E-state index contributed by atoms with van der Waals surface area (Å²) in [6.07, 6.45) is -0.246. The summed E-state index contributed by atoms with van der Waals surface area (Å²) in [7, 11) is 3.51. The van der Waals surface area contributed by atoms with E-state index < -0.39 is 76.0 Å². The highest BCUT2D eigenvalue weighted by molar-refractivity contribution is 6.22. The Hall–Kier alpha value is -5.17. The fourth-order valence-corrected chi connectivity index (χ4v) is 6.58. The second kappa shape index (κ2) is 11.4. The van der Waals surface area contributed by atoms with Crippen LogP contribution < -0.4 is 16.0 Å². The molecule has 0 heterocycles. The highest BCUT2D eigenvalue weighted by atomic mass is 16.5. The zero-order valence-electron chi connectivity index (χ0n) is 24.8. The third-order valence-corrected chi connectivity index (χ3v) is 8.66. The Labute approximate surface area is 257 Å². The van der Waals surface area contributed by atoms with Gasteiger partial charge in [-0.2, -0.15) is 0 Å². The quantitative estimate of drug-likeness (QED) is 0.193. The minimum absolute atomic E-state index is 0.0151. The van der Waals surface area contributed by atoms with Crippen molar-refractivity contribution in [1.29, 1.82) is 0 Å². The molecule has 0 aromatic heterocycles. The number of primary amides is 1. The van der Waals surface area contributed by atoms with Gasteiger partial charge in [0.15, 0.2) is 11.4 Å². The van der Waals surface area contributed by atoms with Crippen LogP contribution in [-0.2, 0) is 30.3 Å². The number of ether oxygens (including phenoxy) is 1. The zero-order chi connectivity index (χ0) is 33.0. The molecule has 13 nitrogen and oxygen atoms in total. The summed E-state index contributed by atoms with van der Waals surface area (Å²) in [5.41, 5.74) is 3.28. The van der Waals surface area contributed by atoms with E-state index in [1.807, 2.05) is 0 Å². The highest BCUT2D eigenvalue weighted by Crippen LogP contribution is 2.54. The van der Waals surface area contributed by atoms with E-state index in [0.29, 0.717) is 16.8 Å². The molecule has 0 bridgehead atoms. The molecule has 2 aromatic carbocycles. The molecular weight excluding hydrogens is 586 g/mol. The number of carbonyl (C=O) groups is 5. The molecule has 2 aromatic rings. The molecular formula is C32H33N3O10. The van der Waals surface area contributed by atoms with Gasteiger partial charge in [0, 0.05) is 48.8 Å². The van der Waals surface area contributed by atoms with E-state index in [9.17, 15) is 44.4 Å². The monoisotopic (exact) mass is 619 g/mol. The van der Waals surface area contributed by atoms with Gasteiger partial charge in [-0.1, -0.05) is 12.1 Å². The predicted molar refractivity (Wildman–Crippen MR) is 160 cm³/mol. The third kappa shape index (κ3) is 4.98. The first-order valence-electron chi connectivity index (χ1n) is 14.3. The molecule has 0 aliphatic heterocycles. The average molecular weight is 620 g/mol. The lowest BCUT2D eigenvalue weighted by molar-refractivity contribution is -0.147. The number of aromatic hydroxyl groups is 1. The van der Waals surface area contributed by atoms with E-state index in [0.717, 1.165) is 0 Å². The van der Waals surface area contributed by atoms with Gasteiger partial charge in [-0.05, 0) is 55.0 Å². The van der Waals surface area contributed by atoms with Crippen LogP contribution in [0.5, 0.6) is 5.75 Å². The van der Waals surface area contributed by atoms with Crippen molar-refractivity contribution in [3.8, 4) is 16.9 Å². The van der Waals surface area contributed by atoms with Crippen LogP contribution in [0.3, 0.4) is 0 Å². The molecule has 236 valence electrons. The fourth-order valence-electron chi connectivity index (χ4n) is 6.58. The molecule has 5 rings (SSSR count). The number of nitrogens with one attached hydrogen (secondary N) is 1. The van der Waals surface area contributed by atoms with Crippen molar-refractivity contribution in [2.75, 3.05) is 32.1 Å². The van der Waals surface area contributed by atoms with Crippen molar-refractivity contribution < 1.29 is 49.1 Å². The Balaban J connectivity index is 1.62. The van der Waals surface area contributed by atoms with Crippen LogP contribution in [0.2, 0.25) is 0 Å². The van der Waals surface area contributed by atoms with Crippen LogP contribution in [0, 0.1) is 11.8 Å². The number of hydrogen-bond acceptors (Lipinski definition) is 11. The van der Waals surface area contributed by atoms with Crippen molar-refractivity contribution in [3.63, 3.8) is 0 Å². The van der Waals surface area contributed by atoms with Crippen molar-refractivity contribution in [2.45, 2.75) is 31.8 Å². The van der Waals surface area contributed by atoms with Gasteiger partial charge in [0.05, 0.1) is 12.2 Å². The number of aliphatic hydroxyl groups excluding tert-OH is 2. The highest BCUT2D eigenvalue weighted by Gasteiger charge is 2.60. The Morgan fingerprint density at radius 2 is 1.82 bits per heavy atom. The first-order valence-corrected chi connectivity index (χ1v) is 14.3. The second-order valence-electron chi connectivity index (χ2n) is 11.5. The smallest absolute Gasteiger partial charge is 0.325 e. The number of ketones is 2. The summed E-state index contributed by atoms with van der Waals surface area (Å²) in [5, 5.41) is 48.0. The molecule has 3 aliphatic rings. The molecule has 45 heavy (non-hydrogen) atoms. The van der Waals surface area contributed by atoms with Gasteiger partial charge in [0.2, 0.25) is 5.78 Å². The molecule has 0 saturated heterocycles. The van der Waals surface area contributed by atoms with Crippen LogP contribution in [0.4, 0.5) is 5.69 Å². The molecule has 0 radical (unpaired) electrons. The number of fused-ring (bicyclic) bond motifs is 3. The molecule has 1 saturated carbocycles. The van der Waals surface area contributed by atoms with E-state index in [4.69, 9.17) is 10.5 Å². The maximum absolute atomic E-state index is 13.9. The molecule has 2 amide bonds. The van der Waals surface area contributed by atoms with Crippen LogP contribution in [0.25, 0.3) is 16.9 Å². The van der Waals surface area contributed by atoms with Crippen molar-refractivity contribution in [2.24, 2.45) is 17.6 Å². The SMILES string of the molecule is CCOC(=O)CNC(=O)c1cccc(-c2cc(N(C)C)c3c(c2O)C(O)=C2C(=O)C4(O)C(O)=C(C(N)=O)C(=O)CC4CC2C3)c1. The summed E-state index contributed by atoms with van der Waals surface area (Å²) in [5.74, 6) is -8.25. The number of phenols is 1. The average Bonchev–Trinajstić information content (AvgIpc) is 2.97. The molecule has 3 aliphatic carbocycles. The lowest BCUT2D eigenvalue weighted by atomic mass is 9.59. The van der Waals surface area contributed by atoms with Crippen LogP contribution in [0.1, 0.15) is 41.3 Å². The number of Topliss-reactive ketones (excluding diaryl/α,β-unsaturated/α-hetero) is 2. The Morgan fingerprint density at radius 1 is 1.11 bits per heavy atom. The van der Waals surface area contributed by atoms with E-state index in [-0.39, 0.29) is 48.3 Å². The summed E-state index contributed by atoms with van der Waals surface area (Å²) in [6, 6.07) is 7.90. The maximum atomic E-state index is 13.9. The maximum Gasteiger partial charge on any atom is 0.325 e. The second-order valence-corrected chi connectivity index (χ2v) is 11.5. The molecule has 7 N–H and O–H groups in total. The predicted octanol–water partition coefficient (Wildman–Crippen LogP) is 1.45. The van der Waals surface area contributed by atoms with Crippen LogP contribution >= 0.6 is 0 Å². The minimum atomic E-state index is -2.67. The number of phenolic OH excluding ortho intramolecular Hbond substituents is 1. The van der Waals surface area contributed by atoms with E-state index in [1.54, 1.807) is 44.1 Å². The van der Waals surface area contributed by atoms with Gasteiger partial charge in [0.25, 0.3) is 11.8 Å². The summed E-state index contributed by atoms with van der Waals surface area (Å²) in [4.78, 5) is 64.6. The third-order valence-electron chi connectivity index (χ3n) is 8.66. The molecule has 1 fully saturated rings. The first kappa shape index (κ1) is 31.3. The van der Waals surface area contributed by atoms with Crippen LogP contribution in [0.15, 0.2) is 47.2 Å². The number of nitrogens with two attached hydrogens (primary N) is 1. The fraction of sp³-hybridized carbons (Fsp3) is 0.344. The van der Waals surface area contributed by atoms with Crippen molar-refractivity contribution in [3.05, 3.63) is 63.9 Å². The van der Waals surface area contributed by atoms with Crippen molar-refractivity contribution >= 4 is 40.8 Å². The minimum Gasteiger partial charge on any atom is -0.508 e. The molecule has 3 atom stereocenters. The molecule has 13 heteroatoms. The van der Waals surface area contributed by atoms with E-state index >= 15 is 0 Å². The number of benzene rings is 2. The zero-order valence-corrected chi connectivity index (χ0v) is 24.8. The number of esters is 1. The number of hydrogen-bond donors (Lipinski definition) is 6. The number of rotatable bonds is 7. The Kier molecular flexibility index (Phi) is 7.92. The van der Waals surface area contributed by atoms with Crippen LogP contribution in [-0.4, -0.2) is 82.6 Å². The first-order chi connectivity index (χ1) is 21.2. The summed E-state index contributed by atoms with van der Waals surface area (Å²) >= 11 is 0. The number of anilines is 1. The van der Waals surface area contributed by atoms with E-state index in [2.05, 4.69) is 5.32 Å². The topological polar surface area (TPSA) is 217 Å². The van der Waals surface area contributed by atoms with Gasteiger partial charge in [-0.15, -0.1) is 0 Å². The Bertz CT molecular complexity index is 1740. The van der Waals surface area contributed by atoms with Gasteiger partial charge in [-0.25, -0.2) is 0 Å². The number of nitrogens with zero attached hydrogens (tertiary/aromatic N) is 1. The lowest BCUT2D eigenvalue weighted by Crippen LogP contribution is -2.58. The Morgan fingerprint density at radius 3 is 2.47 bits per heavy atom. The van der Waals surface area contributed by atoms with Gasteiger partial charge in [0.1, 0.15) is 29.4 Å². The van der Waals surface area contributed by atoms with Gasteiger partial charge in [-0.3, -0.25) is 24.0 Å². The molecule has 0 spiro atoms. The van der Waals surface area contributed by atoms with Gasteiger partial charge < -0.3 is 41.1 Å². The van der Waals surface area contributed by atoms with E-state index in [1.165, 1.54) is 12.1 Å². The standard InChI is InChI=1S/C32H33N3O10/c1-4-45-22(37)13-34-31(43)15-7-5-6-14(8-15)18-12-20(35(2)3)19-10-16-9-17-11-21(36)25(30(33)42)29(41)32(17,44)28(40)23(16)27(39)24(19)26(18)38/h5-8,12,16-17,38-39,41,44H,4,9-11,13H2,1-3H3,(H2,33,42)(H,34,43). The normalized spacial score (nSPS) is 22.3. The van der Waals surface area contributed by atoms with Gasteiger partial charge >= 0.3 is 5.97 Å². The number of amides is 2. The number of aliphatic hydroxyl groups is 3. The van der Waals surface area contributed by atoms with Crippen molar-refractivity contribution in [1.82, 2.24) is 5.32 Å².